The fourth-order valence-electron chi connectivity index (χ4n) is 0.117. The highest BCUT2D eigenvalue weighted by Crippen LogP contribution is 1.70. The first-order valence-corrected chi connectivity index (χ1v) is 2.00. The monoisotopic (exact) mass is 118 g/mol. The molecule has 0 fully saturated rings. The highest BCUT2D eigenvalue weighted by molar-refractivity contribution is 5.66. The molecule has 0 aliphatic heterocycles. The van der Waals surface area contributed by atoms with E-state index < -0.39 is 0 Å². The van der Waals surface area contributed by atoms with Crippen LogP contribution in [-0.2, 0) is 9.53 Å². The summed E-state index contributed by atoms with van der Waals surface area (Å²) >= 11 is 0. The van der Waals surface area contributed by atoms with Gasteiger partial charge in [-0.1, -0.05) is 6.58 Å². The smallest absolute Gasteiger partial charge is 0.307 e. The van der Waals surface area contributed by atoms with Crippen molar-refractivity contribution in [3.05, 3.63) is 12.8 Å². The van der Waals surface area contributed by atoms with Crippen LogP contribution in [0.1, 0.15) is 6.92 Å². The Morgan fingerprint density at radius 3 is 2.12 bits per heavy atom. The Balaban J connectivity index is 0. The quantitative estimate of drug-likeness (QED) is 0.398. The van der Waals surface area contributed by atoms with E-state index >= 15 is 0 Å². The lowest BCUT2D eigenvalue weighted by atomic mass is 10.8. The van der Waals surface area contributed by atoms with Crippen LogP contribution in [-0.4, -0.2) is 18.2 Å². The zero-order valence-corrected chi connectivity index (χ0v) is 5.05. The third-order valence-electron chi connectivity index (χ3n) is 0.249. The van der Waals surface area contributed by atoms with Gasteiger partial charge in [0.25, 0.3) is 0 Å². The van der Waals surface area contributed by atoms with Crippen LogP contribution in [0, 0.1) is 0 Å². The fourth-order valence-corrected chi connectivity index (χ4v) is 0.117. The SMILES string of the molecule is C=COC(C)=O.CO. The molecule has 0 aliphatic carbocycles. The lowest BCUT2D eigenvalue weighted by Gasteiger charge is -1.83. The largest absolute Gasteiger partial charge is 0.435 e. The Kier molecular flexibility index (Phi) is 12.1. The molecule has 0 spiro atoms. The molecule has 0 heterocycles. The van der Waals surface area contributed by atoms with Crippen LogP contribution in [0.4, 0.5) is 0 Å². The second kappa shape index (κ2) is 9.48. The molecule has 8 heavy (non-hydrogen) atoms. The van der Waals surface area contributed by atoms with E-state index in [1.54, 1.807) is 0 Å². The second-order valence-electron chi connectivity index (χ2n) is 0.776. The zero-order valence-electron chi connectivity index (χ0n) is 5.05. The number of aliphatic hydroxyl groups is 1. The maximum Gasteiger partial charge on any atom is 0.307 e. The lowest BCUT2D eigenvalue weighted by Crippen LogP contribution is -1.87. The molecule has 0 saturated heterocycles. The number of esters is 1. The van der Waals surface area contributed by atoms with E-state index in [9.17, 15) is 4.79 Å². The normalized spacial score (nSPS) is 5.88. The van der Waals surface area contributed by atoms with Crippen LogP contribution < -0.4 is 0 Å². The molecule has 0 saturated carbocycles. The Bertz CT molecular complexity index is 68.1. The highest BCUT2D eigenvalue weighted by atomic mass is 16.5. The van der Waals surface area contributed by atoms with Crippen molar-refractivity contribution >= 4 is 5.97 Å². The first-order chi connectivity index (χ1) is 3.77. The molecule has 0 aromatic heterocycles. The molecule has 0 bridgehead atoms. The molecule has 48 valence electrons. The maximum absolute atomic E-state index is 9.75. The van der Waals surface area contributed by atoms with Crippen LogP contribution in [0.3, 0.4) is 0 Å². The van der Waals surface area contributed by atoms with Gasteiger partial charge in [0.05, 0.1) is 6.26 Å². The topological polar surface area (TPSA) is 46.5 Å². The molecule has 0 radical (unpaired) electrons. The van der Waals surface area contributed by atoms with Crippen molar-refractivity contribution in [3.63, 3.8) is 0 Å². The molecule has 0 aliphatic rings. The number of ether oxygens (including phenoxy) is 1. The average molecular weight is 118 g/mol. The van der Waals surface area contributed by atoms with Crippen molar-refractivity contribution in [1.82, 2.24) is 0 Å². The number of carbonyl (C=O) groups is 1. The standard InChI is InChI=1S/C4H6O2.CH4O/c1-3-6-4(2)5;1-2/h3H,1H2,2H3;2H,1H3. The first-order valence-electron chi connectivity index (χ1n) is 2.00. The van der Waals surface area contributed by atoms with Crippen LogP contribution >= 0.6 is 0 Å². The van der Waals surface area contributed by atoms with Crippen LogP contribution in [0.25, 0.3) is 0 Å². The Hall–Kier alpha value is -0.830. The first kappa shape index (κ1) is 10.2. The summed E-state index contributed by atoms with van der Waals surface area (Å²) in [5, 5.41) is 7.00. The fraction of sp³-hybridized carbons (Fsp3) is 0.400. The van der Waals surface area contributed by atoms with Crippen molar-refractivity contribution in [2.75, 3.05) is 7.11 Å². The van der Waals surface area contributed by atoms with Crippen molar-refractivity contribution in [3.8, 4) is 0 Å². The van der Waals surface area contributed by atoms with Crippen LogP contribution in [0.15, 0.2) is 12.8 Å². The summed E-state index contributed by atoms with van der Waals surface area (Å²) in [6.45, 7) is 4.48. The molecule has 3 nitrogen and oxygen atoms in total. The van der Waals surface area contributed by atoms with Gasteiger partial charge in [-0.15, -0.1) is 0 Å². The van der Waals surface area contributed by atoms with Gasteiger partial charge in [0.15, 0.2) is 0 Å². The molecule has 0 amide bonds. The summed E-state index contributed by atoms with van der Waals surface area (Å²) < 4.78 is 4.17. The molecule has 0 rings (SSSR count). The van der Waals surface area contributed by atoms with Crippen LogP contribution in [0.5, 0.6) is 0 Å². The molecule has 3 heteroatoms. The molecule has 0 atom stereocenters. The van der Waals surface area contributed by atoms with E-state index in [-0.39, 0.29) is 5.97 Å². The number of hydrogen-bond donors (Lipinski definition) is 1. The molecular weight excluding hydrogens is 108 g/mol. The predicted octanol–water partition coefficient (Wildman–Crippen LogP) is 0.301. The third kappa shape index (κ3) is 19.1. The van der Waals surface area contributed by atoms with Crippen molar-refractivity contribution in [2.24, 2.45) is 0 Å². The Morgan fingerprint density at radius 2 is 2.12 bits per heavy atom. The van der Waals surface area contributed by atoms with Gasteiger partial charge in [-0.3, -0.25) is 4.79 Å². The predicted molar refractivity (Wildman–Crippen MR) is 30.1 cm³/mol. The summed E-state index contributed by atoms with van der Waals surface area (Å²) in [4.78, 5) is 9.75. The van der Waals surface area contributed by atoms with Gasteiger partial charge in [0.2, 0.25) is 0 Å². The molecule has 1 N–H and O–H groups in total. The van der Waals surface area contributed by atoms with E-state index in [0.717, 1.165) is 13.4 Å². The lowest BCUT2D eigenvalue weighted by molar-refractivity contribution is -0.135. The molecular formula is C5H10O3. The molecule has 0 aromatic rings. The average Bonchev–Trinajstić information content (AvgIpc) is 1.72. The van der Waals surface area contributed by atoms with E-state index in [2.05, 4.69) is 11.3 Å². The van der Waals surface area contributed by atoms with E-state index in [0.29, 0.717) is 0 Å². The van der Waals surface area contributed by atoms with Crippen molar-refractivity contribution < 1.29 is 14.6 Å². The number of carbonyl (C=O) groups excluding carboxylic acids is 1. The van der Waals surface area contributed by atoms with Crippen molar-refractivity contribution in [2.45, 2.75) is 6.92 Å². The second-order valence-corrected chi connectivity index (χ2v) is 0.776. The third-order valence-corrected chi connectivity index (χ3v) is 0.249. The Labute approximate surface area is 48.6 Å². The summed E-state index contributed by atoms with van der Waals surface area (Å²) in [6.07, 6.45) is 1.10. The minimum Gasteiger partial charge on any atom is -0.435 e. The minimum absolute atomic E-state index is 0.329. The zero-order chi connectivity index (χ0) is 6.99. The van der Waals surface area contributed by atoms with Gasteiger partial charge >= 0.3 is 5.97 Å². The summed E-state index contributed by atoms with van der Waals surface area (Å²) in [6, 6.07) is 0. The van der Waals surface area contributed by atoms with Gasteiger partial charge in [0, 0.05) is 14.0 Å². The molecule has 0 aromatic carbocycles. The van der Waals surface area contributed by atoms with Crippen molar-refractivity contribution in [1.29, 1.82) is 0 Å². The maximum atomic E-state index is 9.75. The van der Waals surface area contributed by atoms with Gasteiger partial charge in [-0.2, -0.15) is 0 Å². The van der Waals surface area contributed by atoms with Gasteiger partial charge in [-0.05, 0) is 0 Å². The summed E-state index contributed by atoms with van der Waals surface area (Å²) in [7, 11) is 1.00. The Morgan fingerprint density at radius 1 is 1.75 bits per heavy atom. The van der Waals surface area contributed by atoms with E-state index in [4.69, 9.17) is 5.11 Å². The number of aliphatic hydroxyl groups excluding tert-OH is 1. The van der Waals surface area contributed by atoms with Crippen LogP contribution in [0.2, 0.25) is 0 Å². The summed E-state index contributed by atoms with van der Waals surface area (Å²) in [5.74, 6) is -0.329. The van der Waals surface area contributed by atoms with E-state index in [1.165, 1.54) is 6.92 Å². The number of rotatable bonds is 1. The molecule has 0 unspecified atom stereocenters. The van der Waals surface area contributed by atoms with Gasteiger partial charge < -0.3 is 9.84 Å². The van der Waals surface area contributed by atoms with E-state index in [1.807, 2.05) is 0 Å². The van der Waals surface area contributed by atoms with Gasteiger partial charge in [0.1, 0.15) is 0 Å². The summed E-state index contributed by atoms with van der Waals surface area (Å²) in [5.41, 5.74) is 0. The minimum atomic E-state index is -0.329. The highest BCUT2D eigenvalue weighted by Gasteiger charge is 1.79. The van der Waals surface area contributed by atoms with Gasteiger partial charge in [-0.25, -0.2) is 0 Å². The number of hydrogen-bond acceptors (Lipinski definition) is 3.